The maximum atomic E-state index is 13.3. The van der Waals surface area contributed by atoms with Gasteiger partial charge >= 0.3 is 5.97 Å². The summed E-state index contributed by atoms with van der Waals surface area (Å²) in [5.41, 5.74) is 0. The fourth-order valence-corrected chi connectivity index (χ4v) is 2.87. The zero-order valence-electron chi connectivity index (χ0n) is 10.8. The Hall–Kier alpha value is -0.990. The quantitative estimate of drug-likeness (QED) is 0.774. The van der Waals surface area contributed by atoms with Gasteiger partial charge in [0, 0.05) is 13.0 Å². The molecule has 0 saturated carbocycles. The van der Waals surface area contributed by atoms with Gasteiger partial charge in [-0.2, -0.15) is 0 Å². The van der Waals surface area contributed by atoms with E-state index in [1.165, 1.54) is 12.1 Å². The van der Waals surface area contributed by atoms with Gasteiger partial charge in [-0.3, -0.25) is 4.79 Å². The number of hydrogen-bond acceptors (Lipinski definition) is 3. The van der Waals surface area contributed by atoms with E-state index in [4.69, 9.17) is 5.11 Å². The summed E-state index contributed by atoms with van der Waals surface area (Å²) in [5.74, 6) is -1.71. The Kier molecular flexibility index (Phi) is 6.09. The minimum atomic E-state index is -3.79. The predicted molar refractivity (Wildman–Crippen MR) is 75.3 cm³/mol. The van der Waals surface area contributed by atoms with E-state index in [0.29, 0.717) is 6.42 Å². The number of carboxylic acids is 1. The van der Waals surface area contributed by atoms with Crippen molar-refractivity contribution in [2.45, 2.75) is 24.7 Å². The Morgan fingerprint density at radius 1 is 1.50 bits per heavy atom. The van der Waals surface area contributed by atoms with E-state index in [0.717, 1.165) is 6.07 Å². The van der Waals surface area contributed by atoms with Gasteiger partial charge in [-0.15, -0.1) is 0 Å². The van der Waals surface area contributed by atoms with Gasteiger partial charge in [0.25, 0.3) is 0 Å². The second-order valence-corrected chi connectivity index (χ2v) is 7.09. The van der Waals surface area contributed by atoms with Crippen molar-refractivity contribution in [2.24, 2.45) is 5.92 Å². The molecule has 0 heterocycles. The number of halogens is 2. The first-order chi connectivity index (χ1) is 9.22. The lowest BCUT2D eigenvalue weighted by atomic mass is 10.1. The third-order valence-corrected chi connectivity index (χ3v) is 4.74. The molecule has 0 aliphatic rings. The molecule has 0 radical (unpaired) electrons. The molecule has 5 nitrogen and oxygen atoms in total. The summed E-state index contributed by atoms with van der Waals surface area (Å²) < 4.78 is 39.7. The third kappa shape index (κ3) is 5.18. The van der Waals surface area contributed by atoms with E-state index >= 15 is 0 Å². The zero-order valence-corrected chi connectivity index (χ0v) is 13.2. The van der Waals surface area contributed by atoms with E-state index in [1.807, 2.05) is 0 Å². The maximum absolute atomic E-state index is 13.3. The number of carbonyl (C=O) groups is 1. The van der Waals surface area contributed by atoms with Crippen LogP contribution in [0.25, 0.3) is 0 Å². The van der Waals surface area contributed by atoms with Crippen molar-refractivity contribution in [1.29, 1.82) is 0 Å². The molecule has 1 aromatic rings. The van der Waals surface area contributed by atoms with Crippen molar-refractivity contribution in [3.63, 3.8) is 0 Å². The maximum Gasteiger partial charge on any atom is 0.303 e. The lowest BCUT2D eigenvalue weighted by Gasteiger charge is -2.12. The van der Waals surface area contributed by atoms with Crippen LogP contribution < -0.4 is 4.72 Å². The normalized spacial score (nSPS) is 13.2. The zero-order chi connectivity index (χ0) is 15.3. The molecule has 1 rings (SSSR count). The fourth-order valence-electron chi connectivity index (χ4n) is 1.45. The highest BCUT2D eigenvalue weighted by Gasteiger charge is 2.17. The van der Waals surface area contributed by atoms with Crippen molar-refractivity contribution < 1.29 is 22.7 Å². The monoisotopic (exact) mass is 367 g/mol. The first kappa shape index (κ1) is 17.1. The highest BCUT2D eigenvalue weighted by atomic mass is 79.9. The predicted octanol–water partition coefficient (Wildman–Crippen LogP) is 2.37. The molecule has 0 aliphatic heterocycles. The van der Waals surface area contributed by atoms with Gasteiger partial charge in [-0.1, -0.05) is 6.92 Å². The summed E-state index contributed by atoms with van der Waals surface area (Å²) in [6.45, 7) is 1.85. The summed E-state index contributed by atoms with van der Waals surface area (Å²) in [7, 11) is -3.79. The third-order valence-electron chi connectivity index (χ3n) is 2.67. The molecule has 1 atom stereocenters. The van der Waals surface area contributed by atoms with Crippen molar-refractivity contribution in [2.75, 3.05) is 6.54 Å². The van der Waals surface area contributed by atoms with Gasteiger partial charge in [0.05, 0.1) is 9.37 Å². The summed E-state index contributed by atoms with van der Waals surface area (Å²) in [4.78, 5) is 10.2. The van der Waals surface area contributed by atoms with Crippen LogP contribution in [0.2, 0.25) is 0 Å². The molecule has 0 aliphatic carbocycles. The first-order valence-electron chi connectivity index (χ1n) is 5.89. The van der Waals surface area contributed by atoms with Crippen molar-refractivity contribution in [3.8, 4) is 0 Å². The van der Waals surface area contributed by atoms with Crippen LogP contribution >= 0.6 is 15.9 Å². The minimum Gasteiger partial charge on any atom is -0.481 e. The first-order valence-corrected chi connectivity index (χ1v) is 8.16. The number of rotatable bonds is 7. The highest BCUT2D eigenvalue weighted by molar-refractivity contribution is 9.10. The Morgan fingerprint density at radius 3 is 2.70 bits per heavy atom. The van der Waals surface area contributed by atoms with Crippen molar-refractivity contribution in [3.05, 3.63) is 28.5 Å². The van der Waals surface area contributed by atoms with Gasteiger partial charge < -0.3 is 5.11 Å². The van der Waals surface area contributed by atoms with E-state index in [1.54, 1.807) is 6.92 Å². The van der Waals surface area contributed by atoms with Crippen LogP contribution in [0.3, 0.4) is 0 Å². The molecule has 0 aromatic heterocycles. The molecule has 20 heavy (non-hydrogen) atoms. The van der Waals surface area contributed by atoms with Gasteiger partial charge in [0.15, 0.2) is 0 Å². The Labute approximate surface area is 125 Å². The van der Waals surface area contributed by atoms with E-state index in [9.17, 15) is 17.6 Å². The molecule has 1 unspecified atom stereocenters. The van der Waals surface area contributed by atoms with Gasteiger partial charge in [0.1, 0.15) is 5.82 Å². The van der Waals surface area contributed by atoms with Crippen LogP contribution in [0.15, 0.2) is 27.6 Å². The summed E-state index contributed by atoms with van der Waals surface area (Å²) in [5, 5.41) is 8.54. The number of hydrogen-bond donors (Lipinski definition) is 2. The number of benzene rings is 1. The Balaban J connectivity index is 2.65. The van der Waals surface area contributed by atoms with Crippen LogP contribution in [0, 0.1) is 11.7 Å². The van der Waals surface area contributed by atoms with Crippen LogP contribution in [0.4, 0.5) is 4.39 Å². The highest BCUT2D eigenvalue weighted by Crippen LogP contribution is 2.19. The van der Waals surface area contributed by atoms with E-state index < -0.39 is 21.8 Å². The van der Waals surface area contributed by atoms with Crippen molar-refractivity contribution in [1.82, 2.24) is 4.72 Å². The molecule has 0 saturated heterocycles. The SMILES string of the molecule is CC(CCC(=O)O)CNS(=O)(=O)c1ccc(Br)c(F)c1. The van der Waals surface area contributed by atoms with Crippen LogP contribution in [-0.2, 0) is 14.8 Å². The van der Waals surface area contributed by atoms with Gasteiger partial charge in [-0.05, 0) is 46.5 Å². The smallest absolute Gasteiger partial charge is 0.303 e. The Bertz CT molecular complexity index is 591. The number of nitrogens with one attached hydrogen (secondary N) is 1. The molecule has 0 fully saturated rings. The van der Waals surface area contributed by atoms with Crippen LogP contribution in [-0.4, -0.2) is 26.0 Å². The Morgan fingerprint density at radius 2 is 2.15 bits per heavy atom. The van der Waals surface area contributed by atoms with E-state index in [2.05, 4.69) is 20.7 Å². The largest absolute Gasteiger partial charge is 0.481 e. The van der Waals surface area contributed by atoms with Gasteiger partial charge in [-0.25, -0.2) is 17.5 Å². The average molecular weight is 368 g/mol. The molecule has 8 heteroatoms. The molecule has 0 amide bonds. The topological polar surface area (TPSA) is 83.5 Å². The number of aliphatic carboxylic acids is 1. The summed E-state index contributed by atoms with van der Waals surface area (Å²) >= 11 is 2.95. The average Bonchev–Trinajstić information content (AvgIpc) is 2.37. The fraction of sp³-hybridized carbons (Fsp3) is 0.417. The summed E-state index contributed by atoms with van der Waals surface area (Å²) in [6.07, 6.45) is 0.350. The minimum absolute atomic E-state index is 0.0180. The number of sulfonamides is 1. The molecule has 2 N–H and O–H groups in total. The van der Waals surface area contributed by atoms with Gasteiger partial charge in [0.2, 0.25) is 10.0 Å². The summed E-state index contributed by atoms with van der Waals surface area (Å²) in [6, 6.07) is 3.53. The second-order valence-electron chi connectivity index (χ2n) is 4.47. The van der Waals surface area contributed by atoms with Crippen molar-refractivity contribution >= 4 is 31.9 Å². The molecule has 1 aromatic carbocycles. The molecular formula is C12H15BrFNO4S. The second kappa shape index (κ2) is 7.14. The molecule has 0 bridgehead atoms. The lowest BCUT2D eigenvalue weighted by Crippen LogP contribution is -2.28. The molecule has 112 valence electrons. The lowest BCUT2D eigenvalue weighted by molar-refractivity contribution is -0.137. The molecule has 0 spiro atoms. The number of carboxylic acid groups (broad SMARTS) is 1. The van der Waals surface area contributed by atoms with Crippen LogP contribution in [0.1, 0.15) is 19.8 Å². The van der Waals surface area contributed by atoms with Crippen LogP contribution in [0.5, 0.6) is 0 Å². The van der Waals surface area contributed by atoms with E-state index in [-0.39, 0.29) is 28.3 Å². The standard InChI is InChI=1S/C12H15BrFNO4S/c1-8(2-5-12(16)17)7-15-20(18,19)9-3-4-10(13)11(14)6-9/h3-4,6,8,15H,2,5,7H2,1H3,(H,16,17). The molecular weight excluding hydrogens is 353 g/mol.